The second-order valence-electron chi connectivity index (χ2n) is 10.4. The molecule has 0 aromatic heterocycles. The van der Waals surface area contributed by atoms with Crippen LogP contribution in [0.25, 0.3) is 0 Å². The first-order valence-corrected chi connectivity index (χ1v) is 13.3. The minimum absolute atomic E-state index is 0.544. The standard InChI is InChI=1S/C9H17N.2C8H15NO/c1-2-4-9-7-10-6-5-8(9)3-1;1-2-7-6-9-4-3-8(7)10-5-1;1-2-7-3-4-9-6-8(7)10-5-1/h8-10H,1-7H2;2*7-9H,1-6H2. The molecule has 0 aromatic rings. The molecule has 0 aromatic carbocycles. The van der Waals surface area contributed by atoms with E-state index in [0.29, 0.717) is 12.2 Å². The van der Waals surface area contributed by atoms with Gasteiger partial charge in [0.2, 0.25) is 0 Å². The van der Waals surface area contributed by atoms with Crippen LogP contribution in [0.2, 0.25) is 0 Å². The summed E-state index contributed by atoms with van der Waals surface area (Å²) < 4.78 is 11.3. The van der Waals surface area contributed by atoms with E-state index in [2.05, 4.69) is 16.0 Å². The minimum Gasteiger partial charge on any atom is -0.378 e. The average Bonchev–Trinajstić information content (AvgIpc) is 2.85. The normalized spacial score (nSPS) is 40.8. The summed E-state index contributed by atoms with van der Waals surface area (Å²) in [4.78, 5) is 0. The maximum absolute atomic E-state index is 5.64. The zero-order chi connectivity index (χ0) is 20.4. The molecule has 5 saturated heterocycles. The van der Waals surface area contributed by atoms with Gasteiger partial charge < -0.3 is 25.4 Å². The lowest BCUT2D eigenvalue weighted by atomic mass is 9.76. The van der Waals surface area contributed by atoms with Crippen molar-refractivity contribution in [1.82, 2.24) is 16.0 Å². The molecule has 0 spiro atoms. The molecule has 0 amide bonds. The second kappa shape index (κ2) is 12.7. The monoisotopic (exact) mass is 421 g/mol. The van der Waals surface area contributed by atoms with Gasteiger partial charge in [-0.3, -0.25) is 0 Å². The molecule has 30 heavy (non-hydrogen) atoms. The Morgan fingerprint density at radius 1 is 0.433 bits per heavy atom. The minimum atomic E-state index is 0.544. The predicted molar refractivity (Wildman–Crippen MR) is 123 cm³/mol. The number of hydrogen-bond acceptors (Lipinski definition) is 5. The zero-order valence-corrected chi connectivity index (χ0v) is 19.2. The Bertz CT molecular complexity index is 333. The van der Waals surface area contributed by atoms with Crippen LogP contribution in [-0.4, -0.2) is 64.7 Å². The van der Waals surface area contributed by atoms with Gasteiger partial charge in [0.25, 0.3) is 0 Å². The zero-order valence-electron chi connectivity index (χ0n) is 19.2. The molecule has 6 aliphatic rings. The molecule has 5 heteroatoms. The number of nitrogens with one attached hydrogen (secondary N) is 3. The number of rotatable bonds is 0. The molecule has 3 N–H and O–H groups in total. The molecule has 1 saturated carbocycles. The summed E-state index contributed by atoms with van der Waals surface area (Å²) in [5.41, 5.74) is 0. The van der Waals surface area contributed by atoms with Crippen molar-refractivity contribution in [2.75, 3.05) is 52.5 Å². The molecule has 6 atom stereocenters. The van der Waals surface area contributed by atoms with Crippen molar-refractivity contribution in [3.05, 3.63) is 0 Å². The van der Waals surface area contributed by atoms with Crippen LogP contribution in [0.4, 0.5) is 0 Å². The summed E-state index contributed by atoms with van der Waals surface area (Å²) in [6, 6.07) is 0. The van der Waals surface area contributed by atoms with Gasteiger partial charge in [-0.05, 0) is 101 Å². The quantitative estimate of drug-likeness (QED) is 0.560. The van der Waals surface area contributed by atoms with Crippen LogP contribution in [0.3, 0.4) is 0 Å². The van der Waals surface area contributed by atoms with Crippen LogP contribution in [0, 0.1) is 23.7 Å². The Morgan fingerprint density at radius 3 is 1.73 bits per heavy atom. The fourth-order valence-corrected chi connectivity index (χ4v) is 6.48. The highest BCUT2D eigenvalue weighted by Gasteiger charge is 2.29. The lowest BCUT2D eigenvalue weighted by Gasteiger charge is -2.35. The van der Waals surface area contributed by atoms with E-state index in [9.17, 15) is 0 Å². The third-order valence-electron chi connectivity index (χ3n) is 8.37. The molecule has 0 radical (unpaired) electrons. The fourth-order valence-electron chi connectivity index (χ4n) is 6.48. The summed E-state index contributed by atoms with van der Waals surface area (Å²) in [5, 5.41) is 10.2. The fraction of sp³-hybridized carbons (Fsp3) is 1.00. The largest absolute Gasteiger partial charge is 0.378 e. The van der Waals surface area contributed by atoms with Crippen LogP contribution in [-0.2, 0) is 9.47 Å². The van der Waals surface area contributed by atoms with Crippen molar-refractivity contribution >= 4 is 0 Å². The van der Waals surface area contributed by atoms with E-state index in [1.165, 1.54) is 96.8 Å². The smallest absolute Gasteiger partial charge is 0.0728 e. The first-order chi connectivity index (χ1) is 14.9. The van der Waals surface area contributed by atoms with Gasteiger partial charge in [-0.2, -0.15) is 0 Å². The molecule has 5 nitrogen and oxygen atoms in total. The Morgan fingerprint density at radius 2 is 1.00 bits per heavy atom. The number of hydrogen-bond donors (Lipinski definition) is 3. The van der Waals surface area contributed by atoms with Crippen molar-refractivity contribution in [2.45, 2.75) is 82.8 Å². The van der Waals surface area contributed by atoms with Gasteiger partial charge in [-0.15, -0.1) is 0 Å². The van der Waals surface area contributed by atoms with Gasteiger partial charge in [0.15, 0.2) is 0 Å². The third-order valence-corrected chi connectivity index (χ3v) is 8.37. The topological polar surface area (TPSA) is 54.5 Å². The average molecular weight is 422 g/mol. The van der Waals surface area contributed by atoms with Gasteiger partial charge in [-0.1, -0.05) is 19.3 Å². The van der Waals surface area contributed by atoms with Gasteiger partial charge in [0, 0.05) is 26.3 Å². The van der Waals surface area contributed by atoms with Crippen molar-refractivity contribution in [3.63, 3.8) is 0 Å². The first-order valence-electron chi connectivity index (χ1n) is 13.3. The summed E-state index contributed by atoms with van der Waals surface area (Å²) in [6.45, 7) is 9.21. The molecule has 5 heterocycles. The Kier molecular flexibility index (Phi) is 9.76. The number of piperidine rings is 3. The molecule has 174 valence electrons. The molecular formula is C25H47N3O2. The van der Waals surface area contributed by atoms with Crippen LogP contribution in [0.5, 0.6) is 0 Å². The summed E-state index contributed by atoms with van der Waals surface area (Å²) in [6.07, 6.45) is 16.5. The molecule has 6 fully saturated rings. The lowest BCUT2D eigenvalue weighted by Crippen LogP contribution is -2.44. The second-order valence-corrected chi connectivity index (χ2v) is 10.4. The van der Waals surface area contributed by atoms with Crippen molar-refractivity contribution in [3.8, 4) is 0 Å². The van der Waals surface area contributed by atoms with E-state index in [0.717, 1.165) is 50.0 Å². The lowest BCUT2D eigenvalue weighted by molar-refractivity contribution is -0.0406. The highest BCUT2D eigenvalue weighted by atomic mass is 16.5. The SMILES string of the molecule is C1CCC2CNCCC2C1.C1COC2CCNCC2C1.C1COC2CNCCC2C1. The molecule has 6 unspecified atom stereocenters. The molecule has 1 aliphatic carbocycles. The van der Waals surface area contributed by atoms with Crippen LogP contribution < -0.4 is 16.0 Å². The van der Waals surface area contributed by atoms with Crippen molar-refractivity contribution in [1.29, 1.82) is 0 Å². The Hall–Kier alpha value is -0.200. The maximum atomic E-state index is 5.64. The van der Waals surface area contributed by atoms with Gasteiger partial charge in [0.1, 0.15) is 0 Å². The molecule has 6 rings (SSSR count). The van der Waals surface area contributed by atoms with E-state index in [1.807, 2.05) is 0 Å². The van der Waals surface area contributed by atoms with Crippen LogP contribution in [0.15, 0.2) is 0 Å². The van der Waals surface area contributed by atoms with E-state index >= 15 is 0 Å². The van der Waals surface area contributed by atoms with Gasteiger partial charge in [0.05, 0.1) is 12.2 Å². The van der Waals surface area contributed by atoms with Crippen molar-refractivity contribution < 1.29 is 9.47 Å². The van der Waals surface area contributed by atoms with Crippen LogP contribution in [0.1, 0.15) is 70.6 Å². The summed E-state index contributed by atoms with van der Waals surface area (Å²) in [5.74, 6) is 3.83. The van der Waals surface area contributed by atoms with Crippen molar-refractivity contribution in [2.24, 2.45) is 23.7 Å². The number of fused-ring (bicyclic) bond motifs is 3. The third kappa shape index (κ3) is 6.90. The highest BCUT2D eigenvalue weighted by Crippen LogP contribution is 2.33. The van der Waals surface area contributed by atoms with E-state index < -0.39 is 0 Å². The highest BCUT2D eigenvalue weighted by molar-refractivity contribution is 4.82. The maximum Gasteiger partial charge on any atom is 0.0728 e. The summed E-state index contributed by atoms with van der Waals surface area (Å²) in [7, 11) is 0. The molecule has 5 aliphatic heterocycles. The van der Waals surface area contributed by atoms with E-state index in [-0.39, 0.29) is 0 Å². The molecule has 0 bridgehead atoms. The van der Waals surface area contributed by atoms with E-state index in [4.69, 9.17) is 9.47 Å². The predicted octanol–water partition coefficient (Wildman–Crippen LogP) is 3.34. The van der Waals surface area contributed by atoms with E-state index in [1.54, 1.807) is 0 Å². The molecular weight excluding hydrogens is 374 g/mol. The van der Waals surface area contributed by atoms with Crippen LogP contribution >= 0.6 is 0 Å². The Labute approximate surface area is 184 Å². The first kappa shape index (κ1) is 23.0. The van der Waals surface area contributed by atoms with Gasteiger partial charge >= 0.3 is 0 Å². The summed E-state index contributed by atoms with van der Waals surface area (Å²) >= 11 is 0. The number of ether oxygens (including phenoxy) is 2. The van der Waals surface area contributed by atoms with Gasteiger partial charge in [-0.25, -0.2) is 0 Å². The Balaban J connectivity index is 0.000000109.